The van der Waals surface area contributed by atoms with Gasteiger partial charge in [0.05, 0.1) is 14.2 Å². The Kier molecular flexibility index (Phi) is 54.4. The van der Waals surface area contributed by atoms with Gasteiger partial charge in [-0.3, -0.25) is 14.4 Å². The summed E-state index contributed by atoms with van der Waals surface area (Å²) in [4.78, 5) is 58.4. The first kappa shape index (κ1) is 75.4. The maximum Gasteiger partial charge on any atom is 0.330 e. The fraction of sp³-hybridized carbons (Fsp3) is 0.908. The molecule has 1 aliphatic heterocycles. The fourth-order valence-corrected chi connectivity index (χ4v) is 10.5. The molecule has 0 aliphatic carbocycles. The third kappa shape index (κ3) is 47.1. The second kappa shape index (κ2) is 56.3. The molecule has 0 bridgehead atoms. The number of aliphatic hydroxyl groups excluding tert-OH is 1. The maximum atomic E-state index is 13.6. The minimum Gasteiger partial charge on any atom is -0.469 e. The van der Waals surface area contributed by atoms with Gasteiger partial charge in [0.25, 0.3) is 0 Å². The molecule has 1 saturated heterocycles. The van der Waals surface area contributed by atoms with Crippen LogP contribution in [0.4, 0.5) is 0 Å². The summed E-state index contributed by atoms with van der Waals surface area (Å²) < 4.78 is 21.1. The first-order valence-corrected chi connectivity index (χ1v) is 32.5. The summed E-state index contributed by atoms with van der Waals surface area (Å²) in [5.74, 6) is 0.198. The van der Waals surface area contributed by atoms with Gasteiger partial charge in [0.1, 0.15) is 0 Å². The number of hydrogen-bond acceptors (Lipinski definition) is 11. The van der Waals surface area contributed by atoms with E-state index in [0.29, 0.717) is 31.2 Å². The lowest BCUT2D eigenvalue weighted by Crippen LogP contribution is -2.41. The average Bonchev–Trinajstić information content (AvgIpc) is 3.43. The van der Waals surface area contributed by atoms with Gasteiger partial charge in [-0.2, -0.15) is 0 Å². The summed E-state index contributed by atoms with van der Waals surface area (Å²) in [5, 5.41) is 9.17. The molecule has 0 aromatic carbocycles. The number of hydrogen-bond donors (Lipinski definition) is 1. The van der Waals surface area contributed by atoms with E-state index in [9.17, 15) is 24.3 Å². The Morgan fingerprint density at radius 1 is 0.513 bits per heavy atom. The third-order valence-corrected chi connectivity index (χ3v) is 15.3. The number of amides is 2. The van der Waals surface area contributed by atoms with Crippen molar-refractivity contribution in [2.45, 2.75) is 295 Å². The predicted molar refractivity (Wildman–Crippen MR) is 325 cm³/mol. The SMILES string of the molecule is CCCCCCCCCCC(CCCCC=CC(=O)OC)N(CCCCCO)C(=O)CCCN(C)C.CCCCCCCCCCC(CCCCCCC(=O)OC)N(CCCCCOC1CCCCO1)C(=O)CCCN(C)C. The quantitative estimate of drug-likeness (QED) is 0.0354. The topological polar surface area (TPSA) is 138 Å². The first-order valence-electron chi connectivity index (χ1n) is 32.5. The molecule has 0 aromatic heterocycles. The van der Waals surface area contributed by atoms with Crippen LogP contribution in [0.15, 0.2) is 12.2 Å². The second-order valence-electron chi connectivity index (χ2n) is 23.1. The minimum atomic E-state index is -0.306. The third-order valence-electron chi connectivity index (χ3n) is 15.3. The van der Waals surface area contributed by atoms with Crippen LogP contribution in [0.5, 0.6) is 0 Å². The molecule has 2 amide bonds. The molecule has 0 spiro atoms. The normalized spacial score (nSPS) is 14.4. The molecule has 460 valence electrons. The van der Waals surface area contributed by atoms with Crippen LogP contribution < -0.4 is 0 Å². The van der Waals surface area contributed by atoms with Crippen molar-refractivity contribution in [2.24, 2.45) is 0 Å². The van der Waals surface area contributed by atoms with Crippen LogP contribution in [0.2, 0.25) is 0 Å². The Morgan fingerprint density at radius 2 is 0.962 bits per heavy atom. The Labute approximate surface area is 480 Å². The first-order chi connectivity index (χ1) is 37.9. The Balaban J connectivity index is 0.00000154. The lowest BCUT2D eigenvalue weighted by Gasteiger charge is -2.33. The van der Waals surface area contributed by atoms with Gasteiger partial charge < -0.3 is 43.7 Å². The summed E-state index contributed by atoms with van der Waals surface area (Å²) >= 11 is 0. The zero-order chi connectivity index (χ0) is 57.5. The van der Waals surface area contributed by atoms with E-state index in [0.717, 1.165) is 174 Å². The van der Waals surface area contributed by atoms with Crippen LogP contribution in [-0.4, -0.2) is 155 Å². The summed E-state index contributed by atoms with van der Waals surface area (Å²) in [5.41, 5.74) is 0. The lowest BCUT2D eigenvalue weighted by molar-refractivity contribution is -0.162. The van der Waals surface area contributed by atoms with Crippen LogP contribution >= 0.6 is 0 Å². The van der Waals surface area contributed by atoms with Crippen LogP contribution in [0.1, 0.15) is 277 Å². The van der Waals surface area contributed by atoms with Crippen LogP contribution in [0.3, 0.4) is 0 Å². The molecule has 0 radical (unpaired) electrons. The van der Waals surface area contributed by atoms with Gasteiger partial charge in [0.2, 0.25) is 11.8 Å². The van der Waals surface area contributed by atoms with Gasteiger partial charge in [0, 0.05) is 70.3 Å². The zero-order valence-electron chi connectivity index (χ0n) is 52.3. The van der Waals surface area contributed by atoms with Crippen molar-refractivity contribution < 1.29 is 43.2 Å². The molecule has 1 N–H and O–H groups in total. The number of esters is 2. The van der Waals surface area contributed by atoms with Gasteiger partial charge in [-0.1, -0.05) is 148 Å². The van der Waals surface area contributed by atoms with Crippen molar-refractivity contribution in [3.05, 3.63) is 12.2 Å². The average molecular weight is 1110 g/mol. The van der Waals surface area contributed by atoms with Gasteiger partial charge in [-0.05, 0) is 157 Å². The van der Waals surface area contributed by atoms with Crippen molar-refractivity contribution in [3.8, 4) is 0 Å². The standard InChI is InChI=1S/C35H68N2O5.C30H58N2O4/c1-5-6-7-8-9-10-11-15-23-32(24-16-12-13-17-26-34(39)40-4)37(33(38)25-22-28-36(2)3)29-19-14-20-30-41-35-27-18-21-31-42-35;1-5-6-7-8-9-10-11-15-21-28(22-16-12-13-17-24-30(35)36-4)32(26-18-14-19-27-33)29(34)23-20-25-31(2)3/h32,35H,5-31H2,1-4H3;17,24,28,33H,5-16,18-23,25-27H2,1-4H3. The van der Waals surface area contributed by atoms with E-state index in [1.165, 1.54) is 129 Å². The summed E-state index contributed by atoms with van der Waals surface area (Å²) in [6, 6.07) is 0.611. The highest BCUT2D eigenvalue weighted by Crippen LogP contribution is 2.24. The molecule has 13 nitrogen and oxygen atoms in total. The van der Waals surface area contributed by atoms with Crippen LogP contribution in [0, 0.1) is 0 Å². The van der Waals surface area contributed by atoms with E-state index in [1.807, 2.05) is 6.08 Å². The van der Waals surface area contributed by atoms with Crippen molar-refractivity contribution >= 4 is 23.8 Å². The molecule has 13 heteroatoms. The minimum absolute atomic E-state index is 0.0165. The smallest absolute Gasteiger partial charge is 0.330 e. The van der Waals surface area contributed by atoms with Crippen molar-refractivity contribution in [1.82, 2.24) is 19.6 Å². The molecule has 78 heavy (non-hydrogen) atoms. The number of ether oxygens (including phenoxy) is 4. The van der Waals surface area contributed by atoms with E-state index in [2.05, 4.69) is 66.4 Å². The number of methoxy groups -OCH3 is 2. The second-order valence-corrected chi connectivity index (χ2v) is 23.1. The molecular weight excluding hydrogens is 981 g/mol. The molecule has 1 rings (SSSR count). The lowest BCUT2D eigenvalue weighted by atomic mass is 9.97. The van der Waals surface area contributed by atoms with Gasteiger partial charge in [-0.25, -0.2) is 4.79 Å². The molecule has 0 aromatic rings. The fourth-order valence-electron chi connectivity index (χ4n) is 10.5. The molecule has 3 atom stereocenters. The largest absolute Gasteiger partial charge is 0.469 e. The van der Waals surface area contributed by atoms with Crippen LogP contribution in [0.25, 0.3) is 0 Å². The van der Waals surface area contributed by atoms with E-state index in [1.54, 1.807) is 0 Å². The van der Waals surface area contributed by atoms with E-state index < -0.39 is 0 Å². The molecule has 3 unspecified atom stereocenters. The van der Waals surface area contributed by atoms with Gasteiger partial charge in [-0.15, -0.1) is 0 Å². The number of unbranched alkanes of at least 4 members (excludes halogenated alkanes) is 23. The highest BCUT2D eigenvalue weighted by atomic mass is 16.7. The monoisotopic (exact) mass is 1110 g/mol. The summed E-state index contributed by atoms with van der Waals surface area (Å²) in [6.07, 6.45) is 48.3. The molecule has 0 saturated carbocycles. The van der Waals surface area contributed by atoms with Crippen molar-refractivity contribution in [2.75, 3.05) is 88.4 Å². The van der Waals surface area contributed by atoms with Crippen molar-refractivity contribution in [1.29, 1.82) is 0 Å². The van der Waals surface area contributed by atoms with E-state index in [4.69, 9.17) is 14.2 Å². The maximum absolute atomic E-state index is 13.6. The van der Waals surface area contributed by atoms with Crippen LogP contribution in [-0.2, 0) is 38.1 Å². The zero-order valence-corrected chi connectivity index (χ0v) is 52.3. The number of nitrogens with zero attached hydrogens (tertiary/aromatic N) is 4. The Bertz CT molecular complexity index is 1390. The number of carbonyl (C=O) groups is 4. The van der Waals surface area contributed by atoms with Gasteiger partial charge in [0.15, 0.2) is 6.29 Å². The predicted octanol–water partition coefficient (Wildman–Crippen LogP) is 14.8. The number of aliphatic hydroxyl groups is 1. The number of allylic oxidation sites excluding steroid dienone is 1. The number of rotatable bonds is 53. The molecule has 1 aliphatic rings. The Hall–Kier alpha value is -2.58. The summed E-state index contributed by atoms with van der Waals surface area (Å²) in [7, 11) is 11.1. The van der Waals surface area contributed by atoms with Gasteiger partial charge >= 0.3 is 11.9 Å². The summed E-state index contributed by atoms with van der Waals surface area (Å²) in [6.45, 7) is 9.84. The molecular formula is C65H126N4O9. The highest BCUT2D eigenvalue weighted by molar-refractivity contribution is 5.81. The molecule has 1 fully saturated rings. The highest BCUT2D eigenvalue weighted by Gasteiger charge is 2.25. The van der Waals surface area contributed by atoms with E-state index in [-0.39, 0.29) is 36.8 Å². The van der Waals surface area contributed by atoms with Crippen molar-refractivity contribution in [3.63, 3.8) is 0 Å². The Morgan fingerprint density at radius 3 is 1.40 bits per heavy atom. The van der Waals surface area contributed by atoms with E-state index >= 15 is 0 Å². The molecule has 1 heterocycles. The number of carbonyl (C=O) groups excluding carboxylic acids is 4.